The Kier molecular flexibility index (Phi) is 8.59. The van der Waals surface area contributed by atoms with Crippen molar-refractivity contribution in [2.24, 2.45) is 0 Å². The van der Waals surface area contributed by atoms with E-state index in [9.17, 15) is 19.8 Å². The van der Waals surface area contributed by atoms with Gasteiger partial charge in [-0.2, -0.15) is 0 Å². The third kappa shape index (κ3) is 5.54. The van der Waals surface area contributed by atoms with Crippen molar-refractivity contribution in [1.82, 2.24) is 9.13 Å². The maximum Gasteiger partial charge on any atom is 0.331 e. The number of nitrogens with zero attached hydrogens (tertiary/aromatic N) is 2. The highest BCUT2D eigenvalue weighted by Crippen LogP contribution is 2.19. The SMILES string of the molecule is COCC[C@@H]([C@H](O)[C@@H](CO)OC)n1ccc(=O)n(Cc2ccc(OC)cc2)c1=O. The summed E-state index contributed by atoms with van der Waals surface area (Å²) in [5.74, 6) is 0.670. The van der Waals surface area contributed by atoms with Gasteiger partial charge in [0.15, 0.2) is 0 Å². The Morgan fingerprint density at radius 2 is 1.76 bits per heavy atom. The molecule has 160 valence electrons. The molecule has 0 amide bonds. The second-order valence-corrected chi connectivity index (χ2v) is 6.57. The van der Waals surface area contributed by atoms with Crippen LogP contribution >= 0.6 is 0 Å². The zero-order valence-electron chi connectivity index (χ0n) is 16.9. The number of aliphatic hydroxyl groups is 2. The minimum absolute atomic E-state index is 0.0727. The summed E-state index contributed by atoms with van der Waals surface area (Å²) in [6.45, 7) is -0.0711. The summed E-state index contributed by atoms with van der Waals surface area (Å²) in [5, 5.41) is 20.1. The van der Waals surface area contributed by atoms with Crippen molar-refractivity contribution in [3.05, 3.63) is 62.9 Å². The van der Waals surface area contributed by atoms with Gasteiger partial charge >= 0.3 is 5.69 Å². The van der Waals surface area contributed by atoms with Crippen molar-refractivity contribution >= 4 is 0 Å². The molecule has 0 aliphatic rings. The molecule has 0 fully saturated rings. The van der Waals surface area contributed by atoms with E-state index in [-0.39, 0.29) is 19.6 Å². The van der Waals surface area contributed by atoms with Crippen LogP contribution in [0.3, 0.4) is 0 Å². The number of aromatic nitrogens is 2. The lowest BCUT2D eigenvalue weighted by Gasteiger charge is -2.29. The summed E-state index contributed by atoms with van der Waals surface area (Å²) in [6, 6.07) is 7.56. The van der Waals surface area contributed by atoms with E-state index in [2.05, 4.69) is 0 Å². The van der Waals surface area contributed by atoms with Gasteiger partial charge in [0, 0.05) is 33.1 Å². The van der Waals surface area contributed by atoms with Crippen LogP contribution in [0.4, 0.5) is 0 Å². The van der Waals surface area contributed by atoms with Crippen molar-refractivity contribution < 1.29 is 24.4 Å². The Morgan fingerprint density at radius 1 is 1.07 bits per heavy atom. The fourth-order valence-corrected chi connectivity index (χ4v) is 3.13. The largest absolute Gasteiger partial charge is 0.497 e. The van der Waals surface area contributed by atoms with Crippen LogP contribution in [0.5, 0.6) is 5.75 Å². The first-order valence-corrected chi connectivity index (χ1v) is 9.22. The summed E-state index contributed by atoms with van der Waals surface area (Å²) in [4.78, 5) is 25.4. The molecule has 1 heterocycles. The average molecular weight is 408 g/mol. The maximum atomic E-state index is 13.1. The van der Waals surface area contributed by atoms with E-state index in [1.54, 1.807) is 31.4 Å². The first-order chi connectivity index (χ1) is 14.0. The smallest absolute Gasteiger partial charge is 0.331 e. The molecule has 0 aliphatic carbocycles. The fraction of sp³-hybridized carbons (Fsp3) is 0.500. The lowest BCUT2D eigenvalue weighted by atomic mass is 10.0. The second-order valence-electron chi connectivity index (χ2n) is 6.57. The third-order valence-electron chi connectivity index (χ3n) is 4.83. The van der Waals surface area contributed by atoms with Crippen molar-refractivity contribution in [1.29, 1.82) is 0 Å². The van der Waals surface area contributed by atoms with Gasteiger partial charge < -0.3 is 24.4 Å². The maximum absolute atomic E-state index is 13.1. The molecule has 0 spiro atoms. The van der Waals surface area contributed by atoms with Crippen molar-refractivity contribution in [3.8, 4) is 5.75 Å². The highest BCUT2D eigenvalue weighted by molar-refractivity contribution is 5.27. The standard InChI is InChI=1S/C20H28N2O7/c1-27-11-9-16(19(25)17(13-23)29-3)21-10-8-18(24)22(20(21)26)12-14-4-6-15(28-2)7-5-14/h4-8,10,16-17,19,23,25H,9,11-13H2,1-3H3/t16-,17+,19-/m0/s1. The second kappa shape index (κ2) is 10.9. The zero-order chi connectivity index (χ0) is 21.4. The first kappa shape index (κ1) is 22.8. The minimum atomic E-state index is -1.18. The Labute approximate surface area is 168 Å². The van der Waals surface area contributed by atoms with Crippen LogP contribution in [0.25, 0.3) is 0 Å². The highest BCUT2D eigenvalue weighted by atomic mass is 16.5. The van der Waals surface area contributed by atoms with Crippen LogP contribution in [-0.2, 0) is 16.0 Å². The normalized spacial score (nSPS) is 14.4. The van der Waals surface area contributed by atoms with Crippen molar-refractivity contribution in [3.63, 3.8) is 0 Å². The predicted octanol–water partition coefficient (Wildman–Crippen LogP) is 0.0127. The first-order valence-electron chi connectivity index (χ1n) is 9.22. The number of methoxy groups -OCH3 is 3. The molecular weight excluding hydrogens is 380 g/mol. The molecule has 1 aromatic heterocycles. The molecular formula is C20H28N2O7. The lowest BCUT2D eigenvalue weighted by molar-refractivity contribution is -0.0670. The number of rotatable bonds is 11. The molecule has 1 aromatic carbocycles. The Hall–Kier alpha value is -2.46. The molecule has 2 aromatic rings. The molecule has 9 nitrogen and oxygen atoms in total. The van der Waals surface area contributed by atoms with Crippen molar-refractivity contribution in [2.75, 3.05) is 34.5 Å². The Morgan fingerprint density at radius 3 is 2.31 bits per heavy atom. The molecule has 2 N–H and O–H groups in total. The molecule has 0 saturated heterocycles. The number of benzene rings is 1. The lowest BCUT2D eigenvalue weighted by Crippen LogP contribution is -2.46. The molecule has 0 radical (unpaired) electrons. The van der Waals surface area contributed by atoms with Gasteiger partial charge in [-0.15, -0.1) is 0 Å². The summed E-state index contributed by atoms with van der Waals surface area (Å²) in [6.07, 6.45) is -0.420. The Balaban J connectivity index is 2.43. The molecule has 29 heavy (non-hydrogen) atoms. The minimum Gasteiger partial charge on any atom is -0.497 e. The number of hydrogen-bond acceptors (Lipinski definition) is 7. The van der Waals surface area contributed by atoms with Crippen LogP contribution in [0.2, 0.25) is 0 Å². The van der Waals surface area contributed by atoms with Gasteiger partial charge in [-0.25, -0.2) is 4.79 Å². The van der Waals surface area contributed by atoms with Crippen LogP contribution in [0.1, 0.15) is 18.0 Å². The Bertz CT molecular complexity index is 872. The quantitative estimate of drug-likeness (QED) is 0.539. The molecule has 9 heteroatoms. The van der Waals surface area contributed by atoms with E-state index in [0.29, 0.717) is 5.75 Å². The predicted molar refractivity (Wildman–Crippen MR) is 106 cm³/mol. The van der Waals surface area contributed by atoms with Gasteiger partial charge in [0.2, 0.25) is 0 Å². The monoisotopic (exact) mass is 408 g/mol. The summed E-state index contributed by atoms with van der Waals surface area (Å²) in [5.41, 5.74) is -0.268. The van der Waals surface area contributed by atoms with E-state index >= 15 is 0 Å². The molecule has 0 bridgehead atoms. The van der Waals surface area contributed by atoms with Gasteiger partial charge in [-0.3, -0.25) is 13.9 Å². The topological polar surface area (TPSA) is 112 Å². The molecule has 0 saturated carbocycles. The molecule has 0 aliphatic heterocycles. The van der Waals surface area contributed by atoms with Gasteiger partial charge in [0.1, 0.15) is 18.0 Å². The van der Waals surface area contributed by atoms with E-state index in [1.807, 2.05) is 0 Å². The van der Waals surface area contributed by atoms with E-state index in [1.165, 1.54) is 31.0 Å². The molecule has 2 rings (SSSR count). The van der Waals surface area contributed by atoms with Gasteiger partial charge in [0.05, 0.1) is 26.3 Å². The molecule has 3 atom stereocenters. The van der Waals surface area contributed by atoms with Gasteiger partial charge in [-0.05, 0) is 24.1 Å². The van der Waals surface area contributed by atoms with E-state index in [0.717, 1.165) is 10.1 Å². The average Bonchev–Trinajstić information content (AvgIpc) is 2.74. The van der Waals surface area contributed by atoms with Crippen molar-refractivity contribution in [2.45, 2.75) is 31.2 Å². The summed E-state index contributed by atoms with van der Waals surface area (Å²) in [7, 11) is 4.43. The summed E-state index contributed by atoms with van der Waals surface area (Å²) < 4.78 is 17.7. The van der Waals surface area contributed by atoms with Crippen LogP contribution in [-0.4, -0.2) is 66.1 Å². The van der Waals surface area contributed by atoms with Crippen LogP contribution in [0, 0.1) is 0 Å². The number of hydrogen-bond donors (Lipinski definition) is 2. The van der Waals surface area contributed by atoms with Gasteiger partial charge in [0.25, 0.3) is 5.56 Å². The van der Waals surface area contributed by atoms with E-state index < -0.39 is 36.1 Å². The van der Waals surface area contributed by atoms with Crippen LogP contribution in [0.15, 0.2) is 46.1 Å². The van der Waals surface area contributed by atoms with Gasteiger partial charge in [-0.1, -0.05) is 12.1 Å². The van der Waals surface area contributed by atoms with E-state index in [4.69, 9.17) is 14.2 Å². The zero-order valence-corrected chi connectivity index (χ0v) is 16.9. The number of aliphatic hydroxyl groups excluding tert-OH is 2. The number of ether oxygens (including phenoxy) is 3. The third-order valence-corrected chi connectivity index (χ3v) is 4.83. The fourth-order valence-electron chi connectivity index (χ4n) is 3.13. The highest BCUT2D eigenvalue weighted by Gasteiger charge is 2.30. The van der Waals surface area contributed by atoms with Crippen LogP contribution < -0.4 is 16.0 Å². The summed E-state index contributed by atoms with van der Waals surface area (Å²) >= 11 is 0. The molecule has 0 unspecified atom stereocenters.